The predicted octanol–water partition coefficient (Wildman–Crippen LogP) is 1.29. The van der Waals surface area contributed by atoms with E-state index in [9.17, 15) is 18.8 Å². The SMILES string of the molecule is Cc1ccc(NC(=O)C(=O)NCCC(=O)NCc2ccncc2)cc1F. The van der Waals surface area contributed by atoms with Crippen molar-refractivity contribution in [1.82, 2.24) is 15.6 Å². The van der Waals surface area contributed by atoms with Gasteiger partial charge in [0.1, 0.15) is 5.82 Å². The number of hydrogen-bond acceptors (Lipinski definition) is 4. The summed E-state index contributed by atoms with van der Waals surface area (Å²) in [5.41, 5.74) is 1.52. The summed E-state index contributed by atoms with van der Waals surface area (Å²) in [7, 11) is 0. The number of benzene rings is 1. The highest BCUT2D eigenvalue weighted by Gasteiger charge is 2.14. The van der Waals surface area contributed by atoms with Gasteiger partial charge in [-0.1, -0.05) is 6.07 Å². The first-order chi connectivity index (χ1) is 12.5. The van der Waals surface area contributed by atoms with Crippen LogP contribution in [-0.2, 0) is 20.9 Å². The van der Waals surface area contributed by atoms with Gasteiger partial charge in [0.25, 0.3) is 0 Å². The van der Waals surface area contributed by atoms with Crippen LogP contribution in [0, 0.1) is 12.7 Å². The number of rotatable bonds is 6. The number of nitrogens with one attached hydrogen (secondary N) is 3. The van der Waals surface area contributed by atoms with Crippen LogP contribution in [-0.4, -0.2) is 29.3 Å². The van der Waals surface area contributed by atoms with Gasteiger partial charge in [0.05, 0.1) is 0 Å². The lowest BCUT2D eigenvalue weighted by molar-refractivity contribution is -0.136. The van der Waals surface area contributed by atoms with Crippen molar-refractivity contribution in [2.75, 3.05) is 11.9 Å². The molecule has 1 heterocycles. The Kier molecular flexibility index (Phi) is 6.78. The molecule has 1 aromatic heterocycles. The number of carbonyl (C=O) groups is 3. The highest BCUT2D eigenvalue weighted by molar-refractivity contribution is 6.39. The molecule has 136 valence electrons. The van der Waals surface area contributed by atoms with Crippen LogP contribution in [0.15, 0.2) is 42.7 Å². The average Bonchev–Trinajstić information content (AvgIpc) is 2.63. The fourth-order valence-electron chi connectivity index (χ4n) is 2.02. The maximum absolute atomic E-state index is 13.4. The van der Waals surface area contributed by atoms with Crippen LogP contribution in [0.1, 0.15) is 17.5 Å². The van der Waals surface area contributed by atoms with E-state index in [-0.39, 0.29) is 24.6 Å². The van der Waals surface area contributed by atoms with E-state index in [4.69, 9.17) is 0 Å². The standard InChI is InChI=1S/C18H19FN4O3/c1-12-2-3-14(10-15(12)19)23-18(26)17(25)21-9-6-16(24)22-11-13-4-7-20-8-5-13/h2-5,7-8,10H,6,9,11H2,1H3,(H,21,25)(H,22,24)(H,23,26). The quantitative estimate of drug-likeness (QED) is 0.678. The first-order valence-electron chi connectivity index (χ1n) is 7.96. The van der Waals surface area contributed by atoms with Gasteiger partial charge in [-0.3, -0.25) is 19.4 Å². The normalized spacial score (nSPS) is 10.1. The lowest BCUT2D eigenvalue weighted by Gasteiger charge is -2.08. The molecule has 0 fully saturated rings. The molecular formula is C18H19FN4O3. The molecule has 0 unspecified atom stereocenters. The summed E-state index contributed by atoms with van der Waals surface area (Å²) in [4.78, 5) is 39.0. The Balaban J connectivity index is 1.69. The first kappa shape index (κ1) is 19.0. The third kappa shape index (κ3) is 5.97. The fourth-order valence-corrected chi connectivity index (χ4v) is 2.02. The van der Waals surface area contributed by atoms with Gasteiger partial charge < -0.3 is 16.0 Å². The summed E-state index contributed by atoms with van der Waals surface area (Å²) in [6.07, 6.45) is 3.28. The molecule has 0 bridgehead atoms. The molecule has 26 heavy (non-hydrogen) atoms. The largest absolute Gasteiger partial charge is 0.352 e. The van der Waals surface area contributed by atoms with Gasteiger partial charge in [0, 0.05) is 37.6 Å². The van der Waals surface area contributed by atoms with E-state index >= 15 is 0 Å². The molecule has 8 heteroatoms. The predicted molar refractivity (Wildman–Crippen MR) is 93.5 cm³/mol. The van der Waals surface area contributed by atoms with Crippen molar-refractivity contribution in [3.63, 3.8) is 0 Å². The van der Waals surface area contributed by atoms with E-state index in [1.165, 1.54) is 12.1 Å². The van der Waals surface area contributed by atoms with E-state index in [1.54, 1.807) is 31.5 Å². The molecule has 0 spiro atoms. The molecule has 2 aromatic rings. The second-order valence-electron chi connectivity index (χ2n) is 5.56. The molecule has 0 aliphatic rings. The Labute approximate surface area is 150 Å². The summed E-state index contributed by atoms with van der Waals surface area (Å²) in [5, 5.41) is 7.33. The van der Waals surface area contributed by atoms with E-state index in [0.29, 0.717) is 12.1 Å². The number of hydrogen-bond donors (Lipinski definition) is 3. The number of carbonyl (C=O) groups excluding carboxylic acids is 3. The Morgan fingerprint density at radius 2 is 1.77 bits per heavy atom. The highest BCUT2D eigenvalue weighted by atomic mass is 19.1. The van der Waals surface area contributed by atoms with Crippen LogP contribution >= 0.6 is 0 Å². The van der Waals surface area contributed by atoms with Gasteiger partial charge in [-0.25, -0.2) is 4.39 Å². The number of nitrogens with zero attached hydrogens (tertiary/aromatic N) is 1. The number of anilines is 1. The molecule has 0 aliphatic carbocycles. The summed E-state index contributed by atoms with van der Waals surface area (Å²) >= 11 is 0. The Bertz CT molecular complexity index is 796. The Morgan fingerprint density at radius 1 is 1.04 bits per heavy atom. The van der Waals surface area contributed by atoms with Crippen LogP contribution in [0.2, 0.25) is 0 Å². The van der Waals surface area contributed by atoms with Crippen molar-refractivity contribution in [1.29, 1.82) is 0 Å². The zero-order valence-corrected chi connectivity index (χ0v) is 14.2. The summed E-state index contributed by atoms with van der Waals surface area (Å²) in [6, 6.07) is 7.68. The highest BCUT2D eigenvalue weighted by Crippen LogP contribution is 2.13. The second-order valence-corrected chi connectivity index (χ2v) is 5.56. The topological polar surface area (TPSA) is 100 Å². The van der Waals surface area contributed by atoms with Crippen LogP contribution < -0.4 is 16.0 Å². The van der Waals surface area contributed by atoms with Gasteiger partial charge in [-0.2, -0.15) is 0 Å². The lowest BCUT2D eigenvalue weighted by atomic mass is 10.2. The van der Waals surface area contributed by atoms with Crippen molar-refractivity contribution in [3.05, 3.63) is 59.7 Å². The number of amides is 3. The van der Waals surface area contributed by atoms with Crippen molar-refractivity contribution in [3.8, 4) is 0 Å². The molecule has 1 aromatic carbocycles. The molecule has 0 saturated heterocycles. The fraction of sp³-hybridized carbons (Fsp3) is 0.222. The van der Waals surface area contributed by atoms with Gasteiger partial charge in [0.15, 0.2) is 0 Å². The molecule has 0 saturated carbocycles. The van der Waals surface area contributed by atoms with Crippen molar-refractivity contribution >= 4 is 23.4 Å². The molecule has 0 radical (unpaired) electrons. The number of aryl methyl sites for hydroxylation is 1. The Morgan fingerprint density at radius 3 is 2.46 bits per heavy atom. The van der Waals surface area contributed by atoms with Crippen molar-refractivity contribution in [2.24, 2.45) is 0 Å². The van der Waals surface area contributed by atoms with Crippen LogP contribution in [0.4, 0.5) is 10.1 Å². The van der Waals surface area contributed by atoms with E-state index in [1.807, 2.05) is 0 Å². The number of aromatic nitrogens is 1. The van der Waals surface area contributed by atoms with Crippen LogP contribution in [0.25, 0.3) is 0 Å². The maximum atomic E-state index is 13.4. The van der Waals surface area contributed by atoms with Gasteiger partial charge in [-0.05, 0) is 42.3 Å². The van der Waals surface area contributed by atoms with E-state index in [2.05, 4.69) is 20.9 Å². The molecule has 0 atom stereocenters. The van der Waals surface area contributed by atoms with Crippen molar-refractivity contribution < 1.29 is 18.8 Å². The van der Waals surface area contributed by atoms with Gasteiger partial charge in [-0.15, -0.1) is 0 Å². The minimum atomic E-state index is -0.926. The third-order valence-corrected chi connectivity index (χ3v) is 3.51. The zero-order chi connectivity index (χ0) is 18.9. The number of halogens is 1. The zero-order valence-electron chi connectivity index (χ0n) is 14.2. The monoisotopic (exact) mass is 358 g/mol. The minimum absolute atomic E-state index is 0.0106. The molecule has 3 amide bonds. The molecular weight excluding hydrogens is 339 g/mol. The number of pyridine rings is 1. The summed E-state index contributed by atoms with van der Waals surface area (Å²) in [6.45, 7) is 1.96. The van der Waals surface area contributed by atoms with Gasteiger partial charge in [0.2, 0.25) is 5.91 Å². The van der Waals surface area contributed by atoms with Crippen LogP contribution in [0.5, 0.6) is 0 Å². The molecule has 0 aliphatic heterocycles. The second kappa shape index (κ2) is 9.26. The smallest absolute Gasteiger partial charge is 0.313 e. The van der Waals surface area contributed by atoms with Crippen molar-refractivity contribution in [2.45, 2.75) is 19.9 Å². The summed E-state index contributed by atoms with van der Waals surface area (Å²) in [5.74, 6) is -2.56. The lowest BCUT2D eigenvalue weighted by Crippen LogP contribution is -2.37. The first-order valence-corrected chi connectivity index (χ1v) is 7.96. The maximum Gasteiger partial charge on any atom is 0.313 e. The van der Waals surface area contributed by atoms with Gasteiger partial charge >= 0.3 is 11.8 Å². The van der Waals surface area contributed by atoms with Crippen LogP contribution in [0.3, 0.4) is 0 Å². The molecule has 7 nitrogen and oxygen atoms in total. The Hall–Kier alpha value is -3.29. The molecule has 3 N–H and O–H groups in total. The third-order valence-electron chi connectivity index (χ3n) is 3.51. The average molecular weight is 358 g/mol. The molecule has 2 rings (SSSR count). The summed E-state index contributed by atoms with van der Waals surface area (Å²) < 4.78 is 13.4. The minimum Gasteiger partial charge on any atom is -0.352 e. The van der Waals surface area contributed by atoms with E-state index in [0.717, 1.165) is 11.6 Å². The van der Waals surface area contributed by atoms with E-state index < -0.39 is 17.6 Å².